The van der Waals surface area contributed by atoms with E-state index in [0.717, 1.165) is 17.4 Å². The Hall–Kier alpha value is -3.08. The van der Waals surface area contributed by atoms with Crippen LogP contribution in [0.1, 0.15) is 27.2 Å². The third-order valence-corrected chi connectivity index (χ3v) is 6.37. The average molecular weight is 451 g/mol. The fraction of sp³-hybridized carbons (Fsp3) is 0.167. The van der Waals surface area contributed by atoms with Crippen molar-refractivity contribution in [1.82, 2.24) is 10.3 Å². The first-order chi connectivity index (χ1) is 14.8. The van der Waals surface area contributed by atoms with Crippen molar-refractivity contribution >= 4 is 27.5 Å². The van der Waals surface area contributed by atoms with Crippen LogP contribution in [-0.4, -0.2) is 31.8 Å². The third-order valence-electron chi connectivity index (χ3n) is 4.49. The summed E-state index contributed by atoms with van der Waals surface area (Å²) in [5.74, 6) is 5.86. The highest BCUT2D eigenvalue weighted by molar-refractivity contribution is 7.98. The first kappa shape index (κ1) is 22.6. The number of nitrogens with one attached hydrogen (secondary N) is 1. The van der Waals surface area contributed by atoms with Crippen molar-refractivity contribution in [3.63, 3.8) is 0 Å². The monoisotopic (exact) mass is 450 g/mol. The number of carbonyl (C=O) groups is 1. The highest BCUT2D eigenvalue weighted by atomic mass is 32.2. The molecule has 31 heavy (non-hydrogen) atoms. The molecule has 5 nitrogen and oxygen atoms in total. The van der Waals surface area contributed by atoms with Gasteiger partial charge in [-0.05, 0) is 59.7 Å². The molecule has 1 N–H and O–H groups in total. The van der Waals surface area contributed by atoms with Gasteiger partial charge in [0.25, 0.3) is 5.91 Å². The van der Waals surface area contributed by atoms with E-state index in [0.29, 0.717) is 17.7 Å². The molecule has 3 rings (SSSR count). The maximum absolute atomic E-state index is 12.5. The van der Waals surface area contributed by atoms with Crippen LogP contribution >= 0.6 is 11.8 Å². The van der Waals surface area contributed by atoms with Gasteiger partial charge in [-0.3, -0.25) is 4.79 Å². The molecule has 0 atom stereocenters. The largest absolute Gasteiger partial charge is 0.348 e. The second-order valence-electron chi connectivity index (χ2n) is 6.86. The minimum absolute atomic E-state index is 0.245. The standard InChI is InChI=1S/C24H22N2O3S2/c1-30-22-10-6-18(7-11-22)4-3-5-21-16-20(14-15-25-21)24(27)26-17-19-8-12-23(13-9-19)31(2,28)29/h6-16H,4,17H2,1-2H3,(H,26,27). The predicted octanol–water partition coefficient (Wildman–Crippen LogP) is 3.73. The molecule has 0 unspecified atom stereocenters. The van der Waals surface area contributed by atoms with Crippen molar-refractivity contribution in [3.05, 3.63) is 89.2 Å². The molecular formula is C24H22N2O3S2. The van der Waals surface area contributed by atoms with Crippen LogP contribution in [0.4, 0.5) is 0 Å². The number of sulfone groups is 1. The summed E-state index contributed by atoms with van der Waals surface area (Å²) in [7, 11) is -3.24. The molecule has 7 heteroatoms. The molecule has 0 aliphatic heterocycles. The lowest BCUT2D eigenvalue weighted by molar-refractivity contribution is 0.0950. The second-order valence-corrected chi connectivity index (χ2v) is 9.75. The van der Waals surface area contributed by atoms with Crippen LogP contribution in [0, 0.1) is 11.8 Å². The number of carbonyl (C=O) groups excluding carboxylic acids is 1. The summed E-state index contributed by atoms with van der Waals surface area (Å²) in [6, 6.07) is 18.0. The van der Waals surface area contributed by atoms with Crippen LogP contribution in [-0.2, 0) is 22.8 Å². The van der Waals surface area contributed by atoms with E-state index in [1.165, 1.54) is 17.0 Å². The van der Waals surface area contributed by atoms with Crippen LogP contribution in [0.2, 0.25) is 0 Å². The Balaban J connectivity index is 1.59. The Morgan fingerprint density at radius 3 is 2.35 bits per heavy atom. The van der Waals surface area contributed by atoms with Crippen LogP contribution in [0.3, 0.4) is 0 Å². The molecule has 0 bridgehead atoms. The number of hydrogen-bond donors (Lipinski definition) is 1. The normalized spacial score (nSPS) is 10.8. The summed E-state index contributed by atoms with van der Waals surface area (Å²) in [5, 5.41) is 2.83. The summed E-state index contributed by atoms with van der Waals surface area (Å²) < 4.78 is 23.0. The van der Waals surface area contributed by atoms with Crippen LogP contribution in [0.5, 0.6) is 0 Å². The number of aromatic nitrogens is 1. The van der Waals surface area contributed by atoms with Crippen LogP contribution in [0.15, 0.2) is 76.7 Å². The zero-order valence-corrected chi connectivity index (χ0v) is 18.9. The van der Waals surface area contributed by atoms with Gasteiger partial charge in [-0.2, -0.15) is 0 Å². The highest BCUT2D eigenvalue weighted by Crippen LogP contribution is 2.15. The van der Waals surface area contributed by atoms with Crippen molar-refractivity contribution in [2.24, 2.45) is 0 Å². The summed E-state index contributed by atoms with van der Waals surface area (Å²) in [4.78, 5) is 18.1. The van der Waals surface area contributed by atoms with E-state index in [1.807, 2.05) is 6.26 Å². The number of rotatable bonds is 6. The van der Waals surface area contributed by atoms with E-state index < -0.39 is 9.84 Å². The van der Waals surface area contributed by atoms with Crippen molar-refractivity contribution in [1.29, 1.82) is 0 Å². The molecule has 0 radical (unpaired) electrons. The van der Waals surface area contributed by atoms with Gasteiger partial charge in [0.15, 0.2) is 9.84 Å². The molecule has 0 fully saturated rings. The third kappa shape index (κ3) is 6.71. The van der Waals surface area contributed by atoms with E-state index in [4.69, 9.17) is 0 Å². The van der Waals surface area contributed by atoms with Crippen molar-refractivity contribution in [2.75, 3.05) is 12.5 Å². The van der Waals surface area contributed by atoms with Gasteiger partial charge in [-0.25, -0.2) is 13.4 Å². The van der Waals surface area contributed by atoms with E-state index in [-0.39, 0.29) is 17.3 Å². The number of benzene rings is 2. The number of pyridine rings is 1. The second kappa shape index (κ2) is 10.3. The molecule has 0 saturated heterocycles. The quantitative estimate of drug-likeness (QED) is 0.457. The SMILES string of the molecule is CSc1ccc(CC#Cc2cc(C(=O)NCc3ccc(S(C)(=O)=O)cc3)ccn2)cc1. The molecular weight excluding hydrogens is 428 g/mol. The Kier molecular flexibility index (Phi) is 7.50. The lowest BCUT2D eigenvalue weighted by Gasteiger charge is -2.06. The average Bonchev–Trinajstić information content (AvgIpc) is 2.78. The minimum atomic E-state index is -3.24. The molecule has 0 aliphatic carbocycles. The van der Waals surface area contributed by atoms with Gasteiger partial charge in [-0.15, -0.1) is 11.8 Å². The maximum Gasteiger partial charge on any atom is 0.251 e. The van der Waals surface area contributed by atoms with Gasteiger partial charge in [0.2, 0.25) is 0 Å². The Morgan fingerprint density at radius 1 is 1.03 bits per heavy atom. The Labute approximate surface area is 187 Å². The van der Waals surface area contributed by atoms with Crippen molar-refractivity contribution < 1.29 is 13.2 Å². The highest BCUT2D eigenvalue weighted by Gasteiger charge is 2.08. The summed E-state index contributed by atoms with van der Waals surface area (Å²) in [6.07, 6.45) is 5.37. The molecule has 1 aromatic heterocycles. The maximum atomic E-state index is 12.5. The van der Waals surface area contributed by atoms with Gasteiger partial charge < -0.3 is 5.32 Å². The molecule has 0 saturated carbocycles. The molecule has 0 spiro atoms. The number of amides is 1. The lowest BCUT2D eigenvalue weighted by atomic mass is 10.1. The smallest absolute Gasteiger partial charge is 0.251 e. The first-order valence-corrected chi connectivity index (χ1v) is 12.6. The van der Waals surface area contributed by atoms with Gasteiger partial charge in [-0.1, -0.05) is 30.2 Å². The predicted molar refractivity (Wildman–Crippen MR) is 124 cm³/mol. The molecule has 0 aliphatic rings. The van der Waals surface area contributed by atoms with Gasteiger partial charge in [0.05, 0.1) is 4.90 Å². The molecule has 3 aromatic rings. The number of nitrogens with zero attached hydrogens (tertiary/aromatic N) is 1. The summed E-state index contributed by atoms with van der Waals surface area (Å²) >= 11 is 1.70. The zero-order valence-electron chi connectivity index (χ0n) is 17.3. The van der Waals surface area contributed by atoms with Crippen molar-refractivity contribution in [2.45, 2.75) is 22.8 Å². The summed E-state index contributed by atoms with van der Waals surface area (Å²) in [5.41, 5.74) is 2.94. The fourth-order valence-electron chi connectivity index (χ4n) is 2.76. The fourth-order valence-corrected chi connectivity index (χ4v) is 3.80. The van der Waals surface area contributed by atoms with Gasteiger partial charge in [0.1, 0.15) is 5.69 Å². The van der Waals surface area contributed by atoms with E-state index >= 15 is 0 Å². The van der Waals surface area contributed by atoms with Crippen LogP contribution < -0.4 is 5.32 Å². The molecule has 1 amide bonds. The Bertz CT molecular complexity index is 1220. The minimum Gasteiger partial charge on any atom is -0.348 e. The van der Waals surface area contributed by atoms with Crippen molar-refractivity contribution in [3.8, 4) is 11.8 Å². The first-order valence-electron chi connectivity index (χ1n) is 9.50. The molecule has 158 valence electrons. The zero-order chi connectivity index (χ0) is 22.3. The number of thioether (sulfide) groups is 1. The topological polar surface area (TPSA) is 76.1 Å². The Morgan fingerprint density at radius 2 is 1.71 bits per heavy atom. The van der Waals surface area contributed by atoms with Gasteiger partial charge in [0, 0.05) is 35.9 Å². The van der Waals surface area contributed by atoms with E-state index in [9.17, 15) is 13.2 Å². The van der Waals surface area contributed by atoms with Gasteiger partial charge >= 0.3 is 0 Å². The number of hydrogen-bond acceptors (Lipinski definition) is 5. The molecule has 1 heterocycles. The lowest BCUT2D eigenvalue weighted by Crippen LogP contribution is -2.23. The van der Waals surface area contributed by atoms with E-state index in [1.54, 1.807) is 42.2 Å². The van der Waals surface area contributed by atoms with E-state index in [2.05, 4.69) is 46.4 Å². The summed E-state index contributed by atoms with van der Waals surface area (Å²) in [6.45, 7) is 0.290. The van der Waals surface area contributed by atoms with Crippen LogP contribution in [0.25, 0.3) is 0 Å². The molecule has 2 aromatic carbocycles.